The van der Waals surface area contributed by atoms with Crippen LogP contribution in [0.1, 0.15) is 28.9 Å². The molecule has 0 unspecified atom stereocenters. The van der Waals surface area contributed by atoms with Gasteiger partial charge in [0.25, 0.3) is 5.91 Å². The van der Waals surface area contributed by atoms with E-state index >= 15 is 0 Å². The molecule has 4 rings (SSSR count). The Labute approximate surface area is 146 Å². The second-order valence-electron chi connectivity index (χ2n) is 6.67. The van der Waals surface area contributed by atoms with Gasteiger partial charge in [0.2, 0.25) is 0 Å². The summed E-state index contributed by atoms with van der Waals surface area (Å²) in [6.45, 7) is 2.32. The van der Waals surface area contributed by atoms with Gasteiger partial charge in [0.1, 0.15) is 5.69 Å². The molecule has 4 heterocycles. The summed E-state index contributed by atoms with van der Waals surface area (Å²) in [5, 5.41) is 7.33. The molecule has 0 spiro atoms. The maximum Gasteiger partial charge on any atom is 0.271 e. The van der Waals surface area contributed by atoms with E-state index in [2.05, 4.69) is 25.3 Å². The molecule has 0 bridgehead atoms. The molecule has 2 saturated heterocycles. The second kappa shape index (κ2) is 6.89. The molecule has 2 fully saturated rings. The number of rotatable bonds is 4. The van der Waals surface area contributed by atoms with E-state index < -0.39 is 0 Å². The van der Waals surface area contributed by atoms with Crippen LogP contribution >= 0.6 is 0 Å². The van der Waals surface area contributed by atoms with E-state index in [1.165, 1.54) is 18.0 Å². The number of carbonyl (C=O) groups excluding carboxylic acids is 1. The van der Waals surface area contributed by atoms with Crippen molar-refractivity contribution in [2.24, 2.45) is 7.05 Å². The number of carbonyl (C=O) groups is 1. The highest BCUT2D eigenvalue weighted by atomic mass is 16.5. The van der Waals surface area contributed by atoms with E-state index in [0.717, 1.165) is 32.5 Å². The van der Waals surface area contributed by atoms with Crippen LogP contribution in [0, 0.1) is 0 Å². The number of amides is 1. The van der Waals surface area contributed by atoms with Gasteiger partial charge in [0.05, 0.1) is 24.5 Å². The highest BCUT2D eigenvalue weighted by Gasteiger charge is 2.44. The minimum atomic E-state index is -0.200. The molecule has 132 valence electrons. The number of hydrogen-bond acceptors (Lipinski definition) is 6. The highest BCUT2D eigenvalue weighted by molar-refractivity contribution is 5.92. The lowest BCUT2D eigenvalue weighted by atomic mass is 10.0. The number of hydrogen-bond donors (Lipinski definition) is 1. The van der Waals surface area contributed by atoms with E-state index in [-0.39, 0.29) is 18.1 Å². The molecule has 3 atom stereocenters. The molecule has 25 heavy (non-hydrogen) atoms. The van der Waals surface area contributed by atoms with E-state index in [0.29, 0.717) is 11.7 Å². The average Bonchev–Trinajstić information content (AvgIpc) is 3.20. The van der Waals surface area contributed by atoms with Crippen LogP contribution in [-0.2, 0) is 18.3 Å². The minimum Gasteiger partial charge on any atom is -0.374 e. The van der Waals surface area contributed by atoms with Gasteiger partial charge in [-0.1, -0.05) is 0 Å². The SMILES string of the molecule is Cn1cc(CN2C[C@H](NC(=O)c3cnccn3)[C@@H]3OCCC[C@@H]32)cn1. The Morgan fingerprint density at radius 2 is 2.32 bits per heavy atom. The first-order chi connectivity index (χ1) is 12.2. The number of nitrogens with one attached hydrogen (secondary N) is 1. The maximum atomic E-state index is 12.4. The van der Waals surface area contributed by atoms with E-state index in [1.807, 2.05) is 24.1 Å². The third-order valence-electron chi connectivity index (χ3n) is 4.89. The monoisotopic (exact) mass is 342 g/mol. The molecule has 2 aliphatic heterocycles. The molecule has 1 amide bonds. The number of aryl methyl sites for hydroxylation is 1. The van der Waals surface area contributed by atoms with Gasteiger partial charge in [-0.25, -0.2) is 4.98 Å². The largest absolute Gasteiger partial charge is 0.374 e. The summed E-state index contributed by atoms with van der Waals surface area (Å²) in [5.74, 6) is -0.200. The van der Waals surface area contributed by atoms with Crippen molar-refractivity contribution in [1.82, 2.24) is 30.0 Å². The van der Waals surface area contributed by atoms with Crippen LogP contribution in [-0.4, -0.2) is 61.9 Å². The van der Waals surface area contributed by atoms with E-state index in [1.54, 1.807) is 6.20 Å². The Kier molecular flexibility index (Phi) is 4.46. The minimum absolute atomic E-state index is 0.0195. The van der Waals surface area contributed by atoms with Gasteiger partial charge >= 0.3 is 0 Å². The lowest BCUT2D eigenvalue weighted by Crippen LogP contribution is -2.47. The Bertz CT molecular complexity index is 734. The smallest absolute Gasteiger partial charge is 0.271 e. The summed E-state index contributed by atoms with van der Waals surface area (Å²) in [5.41, 5.74) is 1.51. The molecule has 8 nitrogen and oxygen atoms in total. The lowest BCUT2D eigenvalue weighted by molar-refractivity contribution is -0.0211. The van der Waals surface area contributed by atoms with Crippen molar-refractivity contribution in [2.75, 3.05) is 13.2 Å². The van der Waals surface area contributed by atoms with Crippen molar-refractivity contribution < 1.29 is 9.53 Å². The molecule has 0 aromatic carbocycles. The number of likely N-dealkylation sites (tertiary alicyclic amines) is 1. The summed E-state index contributed by atoms with van der Waals surface area (Å²) in [4.78, 5) is 22.9. The van der Waals surface area contributed by atoms with Crippen molar-refractivity contribution in [2.45, 2.75) is 37.6 Å². The Morgan fingerprint density at radius 1 is 1.40 bits per heavy atom. The van der Waals surface area contributed by atoms with Gasteiger partial charge in [0.15, 0.2) is 0 Å². The van der Waals surface area contributed by atoms with Gasteiger partial charge in [-0.2, -0.15) is 5.10 Å². The van der Waals surface area contributed by atoms with Crippen LogP contribution in [0.15, 0.2) is 31.0 Å². The Balaban J connectivity index is 1.47. The van der Waals surface area contributed by atoms with Crippen molar-refractivity contribution in [1.29, 1.82) is 0 Å². The molecule has 0 aliphatic carbocycles. The summed E-state index contributed by atoms with van der Waals surface area (Å²) in [6, 6.07) is 0.276. The lowest BCUT2D eigenvalue weighted by Gasteiger charge is -2.32. The van der Waals surface area contributed by atoms with Crippen molar-refractivity contribution in [3.05, 3.63) is 42.2 Å². The van der Waals surface area contributed by atoms with Gasteiger partial charge < -0.3 is 10.1 Å². The molecule has 1 N–H and O–H groups in total. The fraction of sp³-hybridized carbons (Fsp3) is 0.529. The predicted octanol–water partition coefficient (Wildman–Crippen LogP) is 0.372. The number of fused-ring (bicyclic) bond motifs is 1. The number of aromatic nitrogens is 4. The van der Waals surface area contributed by atoms with Gasteiger partial charge in [-0.05, 0) is 12.8 Å². The van der Waals surface area contributed by atoms with E-state index in [4.69, 9.17) is 4.74 Å². The van der Waals surface area contributed by atoms with Crippen LogP contribution < -0.4 is 5.32 Å². The summed E-state index contributed by atoms with van der Waals surface area (Å²) in [6.07, 6.45) is 10.6. The second-order valence-corrected chi connectivity index (χ2v) is 6.67. The first-order valence-corrected chi connectivity index (χ1v) is 8.61. The first kappa shape index (κ1) is 16.2. The third-order valence-corrected chi connectivity index (χ3v) is 4.89. The molecule has 8 heteroatoms. The van der Waals surface area contributed by atoms with Crippen LogP contribution in [0.3, 0.4) is 0 Å². The van der Waals surface area contributed by atoms with Gasteiger partial charge in [-0.15, -0.1) is 0 Å². The quantitative estimate of drug-likeness (QED) is 0.864. The van der Waals surface area contributed by atoms with Crippen molar-refractivity contribution in [3.8, 4) is 0 Å². The summed E-state index contributed by atoms with van der Waals surface area (Å²) >= 11 is 0. The average molecular weight is 342 g/mol. The highest BCUT2D eigenvalue weighted by Crippen LogP contribution is 2.30. The van der Waals surface area contributed by atoms with Crippen LogP contribution in [0.5, 0.6) is 0 Å². The van der Waals surface area contributed by atoms with Crippen molar-refractivity contribution >= 4 is 5.91 Å². The summed E-state index contributed by atoms with van der Waals surface area (Å²) in [7, 11) is 1.92. The van der Waals surface area contributed by atoms with Crippen molar-refractivity contribution in [3.63, 3.8) is 0 Å². The Morgan fingerprint density at radius 3 is 3.08 bits per heavy atom. The van der Waals surface area contributed by atoms with E-state index in [9.17, 15) is 4.79 Å². The maximum absolute atomic E-state index is 12.4. The fourth-order valence-electron chi connectivity index (χ4n) is 3.81. The zero-order chi connectivity index (χ0) is 17.2. The van der Waals surface area contributed by atoms with Gasteiger partial charge in [-0.3, -0.25) is 19.4 Å². The van der Waals surface area contributed by atoms with Crippen LogP contribution in [0.4, 0.5) is 0 Å². The van der Waals surface area contributed by atoms with Crippen LogP contribution in [0.2, 0.25) is 0 Å². The topological polar surface area (TPSA) is 85.2 Å². The molecule has 2 aliphatic rings. The molecule has 2 aromatic heterocycles. The third kappa shape index (κ3) is 3.40. The van der Waals surface area contributed by atoms with Crippen LogP contribution in [0.25, 0.3) is 0 Å². The molecule has 2 aromatic rings. The fourth-order valence-corrected chi connectivity index (χ4v) is 3.81. The normalized spacial score (nSPS) is 26.4. The first-order valence-electron chi connectivity index (χ1n) is 8.61. The molecule has 0 saturated carbocycles. The zero-order valence-electron chi connectivity index (χ0n) is 14.2. The number of ether oxygens (including phenoxy) is 1. The standard InChI is InChI=1S/C17H22N6O2/c1-22-9-12(7-20-22)10-23-11-14(16-15(23)3-2-6-25-16)21-17(24)13-8-18-4-5-19-13/h4-5,7-9,14-16H,2-3,6,10-11H2,1H3,(H,21,24)/t14-,15-,16-/m0/s1. The molecular formula is C17H22N6O2. The molecule has 0 radical (unpaired) electrons. The Hall–Kier alpha value is -2.32. The zero-order valence-corrected chi connectivity index (χ0v) is 14.2. The summed E-state index contributed by atoms with van der Waals surface area (Å²) < 4.78 is 7.82. The predicted molar refractivity (Wildman–Crippen MR) is 89.7 cm³/mol. The molecular weight excluding hydrogens is 320 g/mol. The van der Waals surface area contributed by atoms with Gasteiger partial charge in [0, 0.05) is 56.9 Å². The number of nitrogens with zero attached hydrogens (tertiary/aromatic N) is 5.